The van der Waals surface area contributed by atoms with Crippen LogP contribution in [-0.4, -0.2) is 24.7 Å². The first-order chi connectivity index (χ1) is 12.5. The van der Waals surface area contributed by atoms with E-state index in [-0.39, 0.29) is 5.91 Å². The second-order valence-corrected chi connectivity index (χ2v) is 6.66. The normalized spacial score (nSPS) is 12.9. The minimum atomic E-state index is -0.894. The van der Waals surface area contributed by atoms with Gasteiger partial charge in [-0.2, -0.15) is 5.26 Å². The first kappa shape index (κ1) is 22.0. The molecule has 0 aliphatic heterocycles. The average molecular weight is 360 g/mol. The number of nitrogens with one attached hydrogen (secondary N) is 1. The lowest BCUT2D eigenvalue weighted by Gasteiger charge is -2.29. The maximum Gasteiger partial charge on any atom is 0.256 e. The van der Waals surface area contributed by atoms with Crippen molar-refractivity contribution in [2.45, 2.75) is 71.8 Å². The highest BCUT2D eigenvalue weighted by molar-refractivity contribution is 5.98. The Morgan fingerprint density at radius 2 is 1.88 bits per heavy atom. The summed E-state index contributed by atoms with van der Waals surface area (Å²) in [6.45, 7) is 9.13. The molecule has 0 aromatic heterocycles. The lowest BCUT2D eigenvalue weighted by Crippen LogP contribution is -2.43. The molecule has 0 bridgehead atoms. The Bertz CT molecular complexity index is 610. The van der Waals surface area contributed by atoms with Gasteiger partial charge in [-0.3, -0.25) is 4.79 Å². The Morgan fingerprint density at radius 1 is 1.15 bits per heavy atom. The Hall–Kier alpha value is -2.06. The van der Waals surface area contributed by atoms with Gasteiger partial charge in [0.25, 0.3) is 5.91 Å². The van der Waals surface area contributed by atoms with Crippen LogP contribution in [0.3, 0.4) is 0 Å². The summed E-state index contributed by atoms with van der Waals surface area (Å²) in [5.41, 5.74) is -0.0172. The van der Waals surface area contributed by atoms with E-state index in [9.17, 15) is 10.1 Å². The third kappa shape index (κ3) is 6.68. The Labute approximate surface area is 157 Å². The quantitative estimate of drug-likeness (QED) is 0.529. The third-order valence-electron chi connectivity index (χ3n) is 4.20. The van der Waals surface area contributed by atoms with Crippen molar-refractivity contribution in [2.24, 2.45) is 0 Å². The average Bonchev–Trinajstić information content (AvgIpc) is 2.65. The summed E-state index contributed by atoms with van der Waals surface area (Å²) >= 11 is 0. The zero-order valence-electron chi connectivity index (χ0n) is 16.6. The number of ether oxygens (including phenoxy) is 2. The molecule has 0 saturated carbocycles. The first-order valence-corrected chi connectivity index (χ1v) is 9.63. The van der Waals surface area contributed by atoms with Gasteiger partial charge >= 0.3 is 0 Å². The molecule has 0 unspecified atom stereocenters. The number of carbonyl (C=O) groups is 1. The molecule has 0 fully saturated rings. The molecule has 1 rings (SSSR count). The van der Waals surface area contributed by atoms with Gasteiger partial charge in [-0.15, -0.1) is 0 Å². The van der Waals surface area contributed by atoms with Crippen LogP contribution in [0.25, 0.3) is 0 Å². The predicted octanol–water partition coefficient (Wildman–Crippen LogP) is 5.05. The lowest BCUT2D eigenvalue weighted by atomic mass is 9.96. The van der Waals surface area contributed by atoms with Gasteiger partial charge in [0.1, 0.15) is 17.4 Å². The number of hydrogen-bond acceptors (Lipinski definition) is 4. The van der Waals surface area contributed by atoms with Crippen molar-refractivity contribution in [2.75, 3.05) is 18.5 Å². The van der Waals surface area contributed by atoms with E-state index < -0.39 is 5.60 Å². The predicted molar refractivity (Wildman–Crippen MR) is 104 cm³/mol. The minimum absolute atomic E-state index is 0.208. The Balaban J connectivity index is 2.91. The molecule has 5 heteroatoms. The molecule has 0 aliphatic carbocycles. The zero-order chi connectivity index (χ0) is 19.4. The molecule has 0 aliphatic rings. The van der Waals surface area contributed by atoms with Gasteiger partial charge in [-0.1, -0.05) is 40.0 Å². The van der Waals surface area contributed by atoms with Crippen LogP contribution in [-0.2, 0) is 9.53 Å². The molecule has 5 nitrogen and oxygen atoms in total. The second-order valence-electron chi connectivity index (χ2n) is 6.66. The highest BCUT2D eigenvalue weighted by Crippen LogP contribution is 2.26. The van der Waals surface area contributed by atoms with Crippen molar-refractivity contribution in [3.8, 4) is 11.8 Å². The summed E-state index contributed by atoms with van der Waals surface area (Å²) in [7, 11) is 0. The number of unbranched alkanes of at least 4 members (excludes halogenated alkanes) is 2. The van der Waals surface area contributed by atoms with E-state index in [1.807, 2.05) is 20.8 Å². The Morgan fingerprint density at radius 3 is 2.50 bits per heavy atom. The van der Waals surface area contributed by atoms with Crippen molar-refractivity contribution < 1.29 is 14.3 Å². The summed E-state index contributed by atoms with van der Waals surface area (Å²) in [6, 6.07) is 7.28. The van der Waals surface area contributed by atoms with Crippen LogP contribution in [0.2, 0.25) is 0 Å². The van der Waals surface area contributed by atoms with Crippen molar-refractivity contribution in [1.29, 1.82) is 5.26 Å². The molecule has 1 aromatic carbocycles. The van der Waals surface area contributed by atoms with E-state index in [1.54, 1.807) is 18.2 Å². The molecule has 144 valence electrons. The summed E-state index contributed by atoms with van der Waals surface area (Å²) < 4.78 is 11.4. The van der Waals surface area contributed by atoms with Gasteiger partial charge < -0.3 is 14.8 Å². The van der Waals surface area contributed by atoms with Crippen molar-refractivity contribution in [1.82, 2.24) is 0 Å². The zero-order valence-corrected chi connectivity index (χ0v) is 16.6. The lowest BCUT2D eigenvalue weighted by molar-refractivity contribution is -0.140. The standard InChI is InChI=1S/C21H32N2O3/c1-5-8-9-12-21(4,26-14-7-3)20(24)23-19-11-10-18(25-13-6-2)15-17(19)16-22/h10-11,15H,5-9,12-14H2,1-4H3,(H,23,24)/t21-/m1/s1. The van der Waals surface area contributed by atoms with Gasteiger partial charge in [0.15, 0.2) is 0 Å². The molecular weight excluding hydrogens is 328 g/mol. The molecule has 1 amide bonds. The first-order valence-electron chi connectivity index (χ1n) is 9.63. The van der Waals surface area contributed by atoms with Crippen molar-refractivity contribution >= 4 is 11.6 Å². The topological polar surface area (TPSA) is 71.3 Å². The molecule has 1 N–H and O–H groups in total. The van der Waals surface area contributed by atoms with Crippen LogP contribution < -0.4 is 10.1 Å². The smallest absolute Gasteiger partial charge is 0.256 e. The van der Waals surface area contributed by atoms with E-state index in [1.165, 1.54) is 0 Å². The third-order valence-corrected chi connectivity index (χ3v) is 4.20. The van der Waals surface area contributed by atoms with Gasteiger partial charge in [-0.05, 0) is 44.4 Å². The molecule has 0 spiro atoms. The van der Waals surface area contributed by atoms with Crippen LogP contribution in [0.15, 0.2) is 18.2 Å². The van der Waals surface area contributed by atoms with Crippen LogP contribution in [0, 0.1) is 11.3 Å². The van der Waals surface area contributed by atoms with Gasteiger partial charge in [0.2, 0.25) is 0 Å². The van der Waals surface area contributed by atoms with E-state index in [0.717, 1.165) is 32.1 Å². The molecule has 1 atom stereocenters. The fraction of sp³-hybridized carbons (Fsp3) is 0.619. The van der Waals surface area contributed by atoms with Crippen LogP contribution >= 0.6 is 0 Å². The number of nitriles is 1. The molecule has 0 radical (unpaired) electrons. The van der Waals surface area contributed by atoms with Gasteiger partial charge in [0, 0.05) is 6.61 Å². The number of rotatable bonds is 12. The largest absolute Gasteiger partial charge is 0.494 e. The highest BCUT2D eigenvalue weighted by atomic mass is 16.5. The van der Waals surface area contributed by atoms with E-state index in [4.69, 9.17) is 9.47 Å². The molecule has 26 heavy (non-hydrogen) atoms. The van der Waals surface area contributed by atoms with Crippen LogP contribution in [0.5, 0.6) is 5.75 Å². The number of amides is 1. The maximum absolute atomic E-state index is 12.9. The molecular formula is C21H32N2O3. The fourth-order valence-corrected chi connectivity index (χ4v) is 2.58. The van der Waals surface area contributed by atoms with E-state index in [2.05, 4.69) is 18.3 Å². The summed E-state index contributed by atoms with van der Waals surface area (Å²) in [6.07, 6.45) is 5.48. The van der Waals surface area contributed by atoms with Crippen molar-refractivity contribution in [3.63, 3.8) is 0 Å². The molecule has 1 aromatic rings. The van der Waals surface area contributed by atoms with Crippen LogP contribution in [0.1, 0.15) is 71.8 Å². The monoisotopic (exact) mass is 360 g/mol. The fourth-order valence-electron chi connectivity index (χ4n) is 2.58. The summed E-state index contributed by atoms with van der Waals surface area (Å²) in [4.78, 5) is 12.9. The van der Waals surface area contributed by atoms with Crippen LogP contribution in [0.4, 0.5) is 5.69 Å². The van der Waals surface area contributed by atoms with Crippen molar-refractivity contribution in [3.05, 3.63) is 23.8 Å². The number of anilines is 1. The number of nitrogens with zero attached hydrogens (tertiary/aromatic N) is 1. The number of benzene rings is 1. The highest BCUT2D eigenvalue weighted by Gasteiger charge is 2.34. The van der Waals surface area contributed by atoms with Gasteiger partial charge in [-0.25, -0.2) is 0 Å². The Kier molecular flexibility index (Phi) is 9.75. The van der Waals surface area contributed by atoms with Gasteiger partial charge in [0.05, 0.1) is 17.9 Å². The maximum atomic E-state index is 12.9. The second kappa shape index (κ2) is 11.5. The van der Waals surface area contributed by atoms with E-state index in [0.29, 0.717) is 36.6 Å². The number of hydrogen-bond donors (Lipinski definition) is 1. The molecule has 0 heterocycles. The number of carbonyl (C=O) groups excluding carboxylic acids is 1. The summed E-state index contributed by atoms with van der Waals surface area (Å²) in [5.74, 6) is 0.426. The molecule has 0 saturated heterocycles. The van der Waals surface area contributed by atoms with E-state index >= 15 is 0 Å². The summed E-state index contributed by atoms with van der Waals surface area (Å²) in [5, 5.41) is 12.3. The SMILES string of the molecule is CCCCC[C@@](C)(OCCC)C(=O)Nc1ccc(OCCC)cc1C#N. The minimum Gasteiger partial charge on any atom is -0.494 e.